The van der Waals surface area contributed by atoms with E-state index < -0.39 is 0 Å². The van der Waals surface area contributed by atoms with Crippen LogP contribution >= 0.6 is 0 Å². The maximum absolute atomic E-state index is 5.96. The molecule has 96 valence electrons. The molecule has 0 spiro atoms. The van der Waals surface area contributed by atoms with E-state index in [-0.39, 0.29) is 0 Å². The van der Waals surface area contributed by atoms with Gasteiger partial charge in [0.15, 0.2) is 5.58 Å². The number of rotatable bonds is 1. The average Bonchev–Trinajstić information content (AvgIpc) is 2.65. The topological polar surface area (TPSA) is 41.3 Å². The van der Waals surface area contributed by atoms with E-state index in [1.54, 1.807) is 0 Å². The van der Waals surface area contributed by atoms with E-state index in [0.717, 1.165) is 55.3 Å². The lowest BCUT2D eigenvalue weighted by atomic mass is 10.1. The van der Waals surface area contributed by atoms with Crippen LogP contribution in [-0.2, 0) is 0 Å². The molecule has 2 aromatic rings. The molecule has 3 rings (SSSR count). The van der Waals surface area contributed by atoms with E-state index >= 15 is 0 Å². The highest BCUT2D eigenvalue weighted by Crippen LogP contribution is 2.27. The predicted molar refractivity (Wildman–Crippen MR) is 73.2 cm³/mol. The number of aryl methyl sites for hydroxylation is 2. The smallest absolute Gasteiger partial charge is 0.298 e. The minimum absolute atomic E-state index is 0.770. The molecule has 1 aliphatic heterocycles. The molecule has 0 radical (unpaired) electrons. The maximum atomic E-state index is 5.96. The normalized spacial score (nSPS) is 17.1. The fourth-order valence-electron chi connectivity index (χ4n) is 2.42. The molecule has 1 fully saturated rings. The number of nitrogens with one attached hydrogen (secondary N) is 1. The lowest BCUT2D eigenvalue weighted by Crippen LogP contribution is -2.27. The second kappa shape index (κ2) is 4.61. The zero-order chi connectivity index (χ0) is 12.5. The third-order valence-electron chi connectivity index (χ3n) is 3.54. The lowest BCUT2D eigenvalue weighted by molar-refractivity contribution is 0.569. The molecular weight excluding hydrogens is 226 g/mol. The van der Waals surface area contributed by atoms with Gasteiger partial charge in [0.25, 0.3) is 6.01 Å². The van der Waals surface area contributed by atoms with Gasteiger partial charge in [-0.3, -0.25) is 0 Å². The Labute approximate surface area is 107 Å². The standard InChI is InChI=1S/C14H19N3O/c1-10-4-5-11(2)13-12(10)16-14(18-13)17-8-3-6-15-7-9-17/h4-5,15H,3,6-9H2,1-2H3. The molecule has 0 amide bonds. The Balaban J connectivity index is 2.02. The first-order valence-electron chi connectivity index (χ1n) is 6.58. The van der Waals surface area contributed by atoms with Gasteiger partial charge in [-0.25, -0.2) is 0 Å². The minimum atomic E-state index is 0.770. The summed E-state index contributed by atoms with van der Waals surface area (Å²) in [6.45, 7) is 8.20. The van der Waals surface area contributed by atoms with Crippen LogP contribution in [0.15, 0.2) is 16.5 Å². The van der Waals surface area contributed by atoms with Crippen molar-refractivity contribution in [2.45, 2.75) is 20.3 Å². The summed E-state index contributed by atoms with van der Waals surface area (Å²) in [5.74, 6) is 0. The van der Waals surface area contributed by atoms with Crippen molar-refractivity contribution < 1.29 is 4.42 Å². The third-order valence-corrected chi connectivity index (χ3v) is 3.54. The zero-order valence-electron chi connectivity index (χ0n) is 11.0. The summed E-state index contributed by atoms with van der Waals surface area (Å²) < 4.78 is 5.96. The van der Waals surface area contributed by atoms with Gasteiger partial charge in [-0.2, -0.15) is 4.98 Å². The number of benzene rings is 1. The molecule has 0 saturated carbocycles. The quantitative estimate of drug-likeness (QED) is 0.836. The molecule has 1 saturated heterocycles. The Hall–Kier alpha value is -1.55. The summed E-state index contributed by atoms with van der Waals surface area (Å²) in [6, 6.07) is 4.97. The second-order valence-corrected chi connectivity index (χ2v) is 4.96. The Kier molecular flexibility index (Phi) is 2.96. The van der Waals surface area contributed by atoms with Crippen molar-refractivity contribution in [2.24, 2.45) is 0 Å². The van der Waals surface area contributed by atoms with E-state index in [1.165, 1.54) is 5.56 Å². The summed E-state index contributed by atoms with van der Waals surface area (Å²) >= 11 is 0. The van der Waals surface area contributed by atoms with Crippen LogP contribution in [0.3, 0.4) is 0 Å². The summed E-state index contributed by atoms with van der Waals surface area (Å²) in [7, 11) is 0. The summed E-state index contributed by atoms with van der Waals surface area (Å²) in [4.78, 5) is 6.90. The molecular formula is C14H19N3O. The van der Waals surface area contributed by atoms with E-state index in [9.17, 15) is 0 Å². The molecule has 2 heterocycles. The van der Waals surface area contributed by atoms with Crippen molar-refractivity contribution in [3.63, 3.8) is 0 Å². The SMILES string of the molecule is Cc1ccc(C)c2oc(N3CCCNCC3)nc12. The molecule has 4 nitrogen and oxygen atoms in total. The summed E-state index contributed by atoms with van der Waals surface area (Å²) in [6.07, 6.45) is 1.14. The highest BCUT2D eigenvalue weighted by atomic mass is 16.4. The largest absolute Gasteiger partial charge is 0.423 e. The summed E-state index contributed by atoms with van der Waals surface area (Å²) in [5.41, 5.74) is 4.27. The molecule has 18 heavy (non-hydrogen) atoms. The first-order chi connectivity index (χ1) is 8.75. The van der Waals surface area contributed by atoms with Crippen LogP contribution in [0.4, 0.5) is 6.01 Å². The van der Waals surface area contributed by atoms with Gasteiger partial charge in [0, 0.05) is 19.6 Å². The highest BCUT2D eigenvalue weighted by molar-refractivity contribution is 5.81. The van der Waals surface area contributed by atoms with Gasteiger partial charge in [0.1, 0.15) is 5.52 Å². The fraction of sp³-hybridized carbons (Fsp3) is 0.500. The summed E-state index contributed by atoms with van der Waals surface area (Å²) in [5, 5.41) is 3.39. The zero-order valence-corrected chi connectivity index (χ0v) is 11.0. The van der Waals surface area contributed by atoms with Crippen LogP contribution in [0.5, 0.6) is 0 Å². The van der Waals surface area contributed by atoms with Crippen molar-refractivity contribution in [3.05, 3.63) is 23.3 Å². The van der Waals surface area contributed by atoms with Crippen LogP contribution in [0.25, 0.3) is 11.1 Å². The first kappa shape index (κ1) is 11.5. The van der Waals surface area contributed by atoms with Crippen molar-refractivity contribution in [1.82, 2.24) is 10.3 Å². The maximum Gasteiger partial charge on any atom is 0.298 e. The van der Waals surface area contributed by atoms with Crippen molar-refractivity contribution in [1.29, 1.82) is 0 Å². The Bertz CT molecular complexity index is 514. The van der Waals surface area contributed by atoms with Crippen LogP contribution in [-0.4, -0.2) is 31.2 Å². The Morgan fingerprint density at radius 2 is 2.00 bits per heavy atom. The highest BCUT2D eigenvalue weighted by Gasteiger charge is 2.17. The van der Waals surface area contributed by atoms with Gasteiger partial charge in [-0.05, 0) is 37.9 Å². The van der Waals surface area contributed by atoms with Crippen LogP contribution < -0.4 is 10.2 Å². The van der Waals surface area contributed by atoms with E-state index in [4.69, 9.17) is 4.42 Å². The van der Waals surface area contributed by atoms with Gasteiger partial charge in [-0.1, -0.05) is 12.1 Å². The molecule has 1 N–H and O–H groups in total. The van der Waals surface area contributed by atoms with Crippen LogP contribution in [0, 0.1) is 13.8 Å². The van der Waals surface area contributed by atoms with E-state index in [1.807, 2.05) is 0 Å². The van der Waals surface area contributed by atoms with Gasteiger partial charge in [0.05, 0.1) is 0 Å². The van der Waals surface area contributed by atoms with Crippen molar-refractivity contribution >= 4 is 17.1 Å². The Morgan fingerprint density at radius 3 is 2.83 bits per heavy atom. The van der Waals surface area contributed by atoms with Crippen molar-refractivity contribution in [2.75, 3.05) is 31.1 Å². The number of fused-ring (bicyclic) bond motifs is 1. The molecule has 4 heteroatoms. The number of oxazole rings is 1. The van der Waals surface area contributed by atoms with Crippen molar-refractivity contribution in [3.8, 4) is 0 Å². The molecule has 0 atom stereocenters. The second-order valence-electron chi connectivity index (χ2n) is 4.96. The van der Waals surface area contributed by atoms with E-state index in [2.05, 4.69) is 41.2 Å². The molecule has 0 aliphatic carbocycles. The number of anilines is 1. The fourth-order valence-corrected chi connectivity index (χ4v) is 2.42. The number of nitrogens with zero attached hydrogens (tertiary/aromatic N) is 2. The molecule has 0 unspecified atom stereocenters. The number of hydrogen-bond acceptors (Lipinski definition) is 4. The Morgan fingerprint density at radius 1 is 1.17 bits per heavy atom. The van der Waals surface area contributed by atoms with E-state index in [0.29, 0.717) is 0 Å². The van der Waals surface area contributed by atoms with Gasteiger partial charge in [0.2, 0.25) is 0 Å². The van der Waals surface area contributed by atoms with Crippen LogP contribution in [0.1, 0.15) is 17.5 Å². The lowest BCUT2D eigenvalue weighted by Gasteiger charge is -2.16. The monoisotopic (exact) mass is 245 g/mol. The minimum Gasteiger partial charge on any atom is -0.423 e. The third kappa shape index (κ3) is 1.97. The molecule has 1 aromatic carbocycles. The van der Waals surface area contributed by atoms with Gasteiger partial charge < -0.3 is 14.6 Å². The first-order valence-corrected chi connectivity index (χ1v) is 6.58. The van der Waals surface area contributed by atoms with Crippen LogP contribution in [0.2, 0.25) is 0 Å². The molecule has 1 aromatic heterocycles. The van der Waals surface area contributed by atoms with Gasteiger partial charge >= 0.3 is 0 Å². The molecule has 0 bridgehead atoms. The number of hydrogen-bond donors (Lipinski definition) is 1. The predicted octanol–water partition coefficient (Wildman–Crippen LogP) is 2.24. The number of aromatic nitrogens is 1. The molecule has 1 aliphatic rings. The average molecular weight is 245 g/mol. The van der Waals surface area contributed by atoms with Gasteiger partial charge in [-0.15, -0.1) is 0 Å².